The molecule has 0 atom stereocenters. The molecule has 0 radical (unpaired) electrons. The second-order valence-electron chi connectivity index (χ2n) is 1.94. The first-order chi connectivity index (χ1) is 5.79. The van der Waals surface area contributed by atoms with E-state index in [-0.39, 0.29) is 5.69 Å². The summed E-state index contributed by atoms with van der Waals surface area (Å²) in [5.74, 6) is 0. The second-order valence-corrected chi connectivity index (χ2v) is 1.94. The number of aromatic nitrogens is 1. The Morgan fingerprint density at radius 2 is 2.25 bits per heavy atom. The molecule has 1 aromatic heterocycles. The third-order valence-corrected chi connectivity index (χ3v) is 1.21. The maximum Gasteiger partial charge on any atom is 0.286 e. The van der Waals surface area contributed by atoms with Gasteiger partial charge in [0.05, 0.1) is 7.11 Å². The fraction of sp³-hybridized carbons (Fsp3) is 0.143. The summed E-state index contributed by atoms with van der Waals surface area (Å²) in [4.78, 5) is 30.0. The molecule has 0 saturated carbocycles. The van der Waals surface area contributed by atoms with Crippen molar-refractivity contribution in [2.75, 3.05) is 7.11 Å². The van der Waals surface area contributed by atoms with Crippen molar-refractivity contribution >= 4 is 6.29 Å². The Balaban J connectivity index is 3.19. The molecule has 0 bridgehead atoms. The van der Waals surface area contributed by atoms with E-state index < -0.39 is 5.56 Å². The van der Waals surface area contributed by atoms with Crippen molar-refractivity contribution in [2.45, 2.75) is 0 Å². The number of carbonyl (C=O) groups excluding carboxylic acids is 1. The van der Waals surface area contributed by atoms with E-state index in [0.29, 0.717) is 6.29 Å². The van der Waals surface area contributed by atoms with Crippen LogP contribution >= 0.6 is 0 Å². The molecule has 0 spiro atoms. The molecule has 0 amide bonds. The van der Waals surface area contributed by atoms with Gasteiger partial charge in [-0.15, -0.1) is 4.73 Å². The highest BCUT2D eigenvalue weighted by Gasteiger charge is 2.02. The Morgan fingerprint density at radius 1 is 1.50 bits per heavy atom. The van der Waals surface area contributed by atoms with Crippen LogP contribution in [0, 0.1) is 0 Å². The molecule has 1 aromatic rings. The van der Waals surface area contributed by atoms with Crippen LogP contribution in [0.1, 0.15) is 10.5 Å². The van der Waals surface area contributed by atoms with E-state index in [4.69, 9.17) is 0 Å². The molecule has 0 aliphatic rings. The van der Waals surface area contributed by atoms with Crippen molar-refractivity contribution in [1.29, 1.82) is 0 Å². The highest BCUT2D eigenvalue weighted by Crippen LogP contribution is 1.88. The van der Waals surface area contributed by atoms with Crippen LogP contribution in [0.25, 0.3) is 0 Å². The normalized spacial score (nSPS) is 9.42. The van der Waals surface area contributed by atoms with Crippen LogP contribution in [-0.4, -0.2) is 18.1 Å². The van der Waals surface area contributed by atoms with Crippen molar-refractivity contribution in [1.82, 2.24) is 4.73 Å². The Morgan fingerprint density at radius 3 is 2.83 bits per heavy atom. The van der Waals surface area contributed by atoms with Crippen LogP contribution in [0.5, 0.6) is 0 Å². The summed E-state index contributed by atoms with van der Waals surface area (Å²) in [5, 5.41) is 0. The molecular weight excluding hydrogens is 162 g/mol. The highest BCUT2D eigenvalue weighted by molar-refractivity contribution is 5.71. The SMILES string of the molecule is COOn1c(C=O)cccc1=O. The standard InChI is InChI=1S/C7H7NO4/c1-11-12-8-6(5-9)3-2-4-7(8)10/h2-5H,1H3. The monoisotopic (exact) mass is 169 g/mol. The summed E-state index contributed by atoms with van der Waals surface area (Å²) in [5.41, 5.74) is -0.356. The van der Waals surface area contributed by atoms with Crippen LogP contribution in [0.3, 0.4) is 0 Å². The lowest BCUT2D eigenvalue weighted by atomic mass is 10.4. The van der Waals surface area contributed by atoms with Gasteiger partial charge in [0.25, 0.3) is 5.56 Å². The molecule has 1 rings (SSSR count). The molecule has 0 aliphatic carbocycles. The zero-order valence-corrected chi connectivity index (χ0v) is 6.39. The lowest BCUT2D eigenvalue weighted by molar-refractivity contribution is -0.274. The largest absolute Gasteiger partial charge is 0.296 e. The summed E-state index contributed by atoms with van der Waals surface area (Å²) in [6.45, 7) is 0. The number of hydrogen-bond acceptors (Lipinski definition) is 4. The molecule has 12 heavy (non-hydrogen) atoms. The van der Waals surface area contributed by atoms with Gasteiger partial charge in [0, 0.05) is 6.07 Å². The predicted molar refractivity (Wildman–Crippen MR) is 39.7 cm³/mol. The van der Waals surface area contributed by atoms with Crippen LogP contribution < -0.4 is 10.5 Å². The van der Waals surface area contributed by atoms with Crippen molar-refractivity contribution < 1.29 is 14.7 Å². The summed E-state index contributed by atoms with van der Waals surface area (Å²) in [6.07, 6.45) is 0.500. The highest BCUT2D eigenvalue weighted by atomic mass is 17.3. The third kappa shape index (κ3) is 1.51. The zero-order valence-electron chi connectivity index (χ0n) is 6.39. The van der Waals surface area contributed by atoms with Crippen LogP contribution in [-0.2, 0) is 4.89 Å². The van der Waals surface area contributed by atoms with E-state index in [1.165, 1.54) is 25.3 Å². The molecule has 0 N–H and O–H groups in total. The maximum absolute atomic E-state index is 11.0. The molecule has 0 fully saturated rings. The Labute approximate surface area is 68.0 Å². The molecule has 5 heteroatoms. The maximum atomic E-state index is 11.0. The molecular formula is C7H7NO4. The molecule has 0 saturated heterocycles. The Hall–Kier alpha value is -1.62. The van der Waals surface area contributed by atoms with Gasteiger partial charge >= 0.3 is 0 Å². The average Bonchev–Trinajstić information content (AvgIpc) is 2.09. The second kappa shape index (κ2) is 3.68. The topological polar surface area (TPSA) is 57.5 Å². The lowest BCUT2D eigenvalue weighted by Crippen LogP contribution is -2.28. The molecule has 64 valence electrons. The first kappa shape index (κ1) is 8.48. The molecule has 5 nitrogen and oxygen atoms in total. The van der Waals surface area contributed by atoms with Gasteiger partial charge in [-0.25, -0.2) is 4.99 Å². The number of aldehydes is 1. The first-order valence-corrected chi connectivity index (χ1v) is 3.18. The number of pyridine rings is 1. The van der Waals surface area contributed by atoms with E-state index in [1.807, 2.05) is 0 Å². The number of hydrogen-bond donors (Lipinski definition) is 0. The number of rotatable bonds is 3. The van der Waals surface area contributed by atoms with Gasteiger partial charge in [0.2, 0.25) is 0 Å². The van der Waals surface area contributed by atoms with Gasteiger partial charge in [0.15, 0.2) is 6.29 Å². The van der Waals surface area contributed by atoms with Crippen molar-refractivity contribution in [3.05, 3.63) is 34.2 Å². The smallest absolute Gasteiger partial charge is 0.286 e. The van der Waals surface area contributed by atoms with Gasteiger partial charge in [-0.1, -0.05) is 6.07 Å². The summed E-state index contributed by atoms with van der Waals surface area (Å²) in [7, 11) is 1.24. The Kier molecular flexibility index (Phi) is 2.60. The molecule has 0 unspecified atom stereocenters. The molecule has 0 aliphatic heterocycles. The van der Waals surface area contributed by atoms with Gasteiger partial charge < -0.3 is 0 Å². The summed E-state index contributed by atoms with van der Waals surface area (Å²) in [6, 6.07) is 4.15. The van der Waals surface area contributed by atoms with E-state index in [2.05, 4.69) is 9.88 Å². The fourth-order valence-corrected chi connectivity index (χ4v) is 0.733. The minimum atomic E-state index is -0.457. The predicted octanol–water partition coefficient (Wildman–Crippen LogP) is -0.349. The van der Waals surface area contributed by atoms with E-state index in [1.54, 1.807) is 0 Å². The van der Waals surface area contributed by atoms with Crippen LogP contribution in [0.15, 0.2) is 23.0 Å². The number of nitrogens with zero attached hydrogens (tertiary/aromatic N) is 1. The van der Waals surface area contributed by atoms with E-state index in [0.717, 1.165) is 4.73 Å². The van der Waals surface area contributed by atoms with Gasteiger partial charge in [-0.05, 0) is 6.07 Å². The van der Waals surface area contributed by atoms with E-state index in [9.17, 15) is 9.59 Å². The zero-order chi connectivity index (χ0) is 8.97. The average molecular weight is 169 g/mol. The third-order valence-electron chi connectivity index (χ3n) is 1.21. The Bertz CT molecular complexity index is 330. The van der Waals surface area contributed by atoms with Gasteiger partial charge in [0.1, 0.15) is 5.69 Å². The van der Waals surface area contributed by atoms with Gasteiger partial charge in [-0.3, -0.25) is 9.59 Å². The van der Waals surface area contributed by atoms with Crippen molar-refractivity contribution in [3.8, 4) is 0 Å². The van der Waals surface area contributed by atoms with Crippen molar-refractivity contribution in [3.63, 3.8) is 0 Å². The number of carbonyl (C=O) groups is 1. The fourth-order valence-electron chi connectivity index (χ4n) is 0.733. The molecule has 0 aromatic carbocycles. The summed E-state index contributed by atoms with van der Waals surface area (Å²) < 4.78 is 0.757. The van der Waals surface area contributed by atoms with Crippen LogP contribution in [0.2, 0.25) is 0 Å². The minimum Gasteiger partial charge on any atom is -0.296 e. The van der Waals surface area contributed by atoms with E-state index >= 15 is 0 Å². The molecule has 1 heterocycles. The minimum absolute atomic E-state index is 0.101. The first-order valence-electron chi connectivity index (χ1n) is 3.18. The van der Waals surface area contributed by atoms with Gasteiger partial charge in [-0.2, -0.15) is 4.89 Å². The van der Waals surface area contributed by atoms with Crippen LogP contribution in [0.4, 0.5) is 0 Å². The van der Waals surface area contributed by atoms with Crippen molar-refractivity contribution in [2.24, 2.45) is 0 Å². The lowest BCUT2D eigenvalue weighted by Gasteiger charge is -2.03. The quantitative estimate of drug-likeness (QED) is 0.352. The summed E-state index contributed by atoms with van der Waals surface area (Å²) >= 11 is 0.